The molecule has 0 aliphatic carbocycles. The fourth-order valence-corrected chi connectivity index (χ4v) is 2.98. The van der Waals surface area contributed by atoms with Gasteiger partial charge in [-0.1, -0.05) is 18.2 Å². The SMILES string of the molecule is CC(C)(C)OC(=O)Nc1cnc(-c2cc(-c3ncco3)n(Cc3ccccc3F)n2)nc1N. The van der Waals surface area contributed by atoms with Crippen molar-refractivity contribution in [3.05, 3.63) is 60.4 Å². The number of nitrogens with two attached hydrogens (primary N) is 1. The molecule has 3 aromatic heterocycles. The Morgan fingerprint density at radius 3 is 2.73 bits per heavy atom. The third-order valence-electron chi connectivity index (χ3n) is 4.39. The Hall–Kier alpha value is -4.28. The number of amides is 1. The van der Waals surface area contributed by atoms with E-state index in [4.69, 9.17) is 14.9 Å². The Morgan fingerprint density at radius 2 is 2.06 bits per heavy atom. The van der Waals surface area contributed by atoms with Gasteiger partial charge in [0.25, 0.3) is 0 Å². The molecule has 4 aromatic rings. The lowest BCUT2D eigenvalue weighted by atomic mass is 10.2. The van der Waals surface area contributed by atoms with Crippen LogP contribution in [0.5, 0.6) is 0 Å². The topological polar surface area (TPSA) is 134 Å². The Balaban J connectivity index is 1.64. The van der Waals surface area contributed by atoms with Crippen LogP contribution in [0.3, 0.4) is 0 Å². The summed E-state index contributed by atoms with van der Waals surface area (Å²) in [5.74, 6) is 0.196. The largest absolute Gasteiger partial charge is 0.444 e. The van der Waals surface area contributed by atoms with Gasteiger partial charge in [-0.3, -0.25) is 10.00 Å². The Labute approximate surface area is 188 Å². The molecular weight excluding hydrogens is 429 g/mol. The lowest BCUT2D eigenvalue weighted by Crippen LogP contribution is -2.27. The fourth-order valence-electron chi connectivity index (χ4n) is 2.98. The van der Waals surface area contributed by atoms with E-state index in [0.717, 1.165) is 0 Å². The predicted molar refractivity (Wildman–Crippen MR) is 119 cm³/mol. The summed E-state index contributed by atoms with van der Waals surface area (Å²) < 4.78 is 26.4. The zero-order valence-corrected chi connectivity index (χ0v) is 18.2. The molecule has 0 unspecified atom stereocenters. The molecule has 0 saturated carbocycles. The molecule has 0 atom stereocenters. The highest BCUT2D eigenvalue weighted by Gasteiger charge is 2.20. The molecule has 4 rings (SSSR count). The number of carbonyl (C=O) groups excluding carboxylic acids is 1. The first-order chi connectivity index (χ1) is 15.7. The molecule has 1 aromatic carbocycles. The summed E-state index contributed by atoms with van der Waals surface area (Å²) in [4.78, 5) is 24.7. The minimum Gasteiger partial charge on any atom is -0.444 e. The van der Waals surface area contributed by atoms with E-state index in [-0.39, 0.29) is 29.7 Å². The third-order valence-corrected chi connectivity index (χ3v) is 4.39. The van der Waals surface area contributed by atoms with Crippen LogP contribution in [-0.4, -0.2) is 36.4 Å². The van der Waals surface area contributed by atoms with E-state index in [9.17, 15) is 9.18 Å². The highest BCUT2D eigenvalue weighted by molar-refractivity contribution is 5.88. The summed E-state index contributed by atoms with van der Waals surface area (Å²) in [5.41, 5.74) is 6.88. The molecule has 3 N–H and O–H groups in total. The summed E-state index contributed by atoms with van der Waals surface area (Å²) in [7, 11) is 0. The molecule has 0 spiro atoms. The van der Waals surface area contributed by atoms with Gasteiger partial charge in [-0.05, 0) is 26.8 Å². The number of ether oxygens (including phenoxy) is 1. The van der Waals surface area contributed by atoms with Gasteiger partial charge in [-0.15, -0.1) is 0 Å². The molecule has 0 saturated heterocycles. The molecule has 3 heterocycles. The first-order valence-corrected chi connectivity index (χ1v) is 10.0. The Morgan fingerprint density at radius 1 is 1.27 bits per heavy atom. The van der Waals surface area contributed by atoms with Crippen LogP contribution in [0, 0.1) is 5.82 Å². The molecule has 0 aliphatic rings. The Kier molecular flexibility index (Phi) is 5.78. The van der Waals surface area contributed by atoms with Crippen LogP contribution in [0.2, 0.25) is 0 Å². The summed E-state index contributed by atoms with van der Waals surface area (Å²) in [6.07, 6.45) is 3.62. The number of anilines is 2. The minimum absolute atomic E-state index is 0.0344. The first kappa shape index (κ1) is 21.9. The van der Waals surface area contributed by atoms with Crippen LogP contribution in [0.4, 0.5) is 20.7 Å². The molecule has 0 radical (unpaired) electrons. The molecule has 0 aliphatic heterocycles. The summed E-state index contributed by atoms with van der Waals surface area (Å²) in [5, 5.41) is 7.03. The van der Waals surface area contributed by atoms with Crippen molar-refractivity contribution in [3.63, 3.8) is 0 Å². The maximum absolute atomic E-state index is 14.2. The van der Waals surface area contributed by atoms with E-state index in [1.807, 2.05) is 0 Å². The number of aromatic nitrogens is 5. The molecular formula is C22H22FN7O3. The standard InChI is InChI=1S/C22H22FN7O3/c1-22(2,3)33-21(31)27-16-11-26-19(28-18(16)24)15-10-17(20-25-8-9-32-20)30(29-15)12-13-6-4-5-7-14(13)23/h4-11H,12H2,1-3H3,(H,27,31)(H2,24,26,28). The van der Waals surface area contributed by atoms with Gasteiger partial charge < -0.3 is 14.9 Å². The van der Waals surface area contributed by atoms with E-state index in [2.05, 4.69) is 25.4 Å². The number of rotatable bonds is 5. The third kappa shape index (κ3) is 5.14. The second kappa shape index (κ2) is 8.69. The monoisotopic (exact) mass is 451 g/mol. The molecule has 0 bridgehead atoms. The average molecular weight is 451 g/mol. The number of hydrogen-bond donors (Lipinski definition) is 2. The van der Waals surface area contributed by atoms with Gasteiger partial charge in [0.05, 0.1) is 18.9 Å². The van der Waals surface area contributed by atoms with Gasteiger partial charge >= 0.3 is 6.09 Å². The highest BCUT2D eigenvalue weighted by Crippen LogP contribution is 2.26. The van der Waals surface area contributed by atoms with Crippen LogP contribution >= 0.6 is 0 Å². The van der Waals surface area contributed by atoms with Crippen molar-refractivity contribution in [1.82, 2.24) is 24.7 Å². The lowest BCUT2D eigenvalue weighted by molar-refractivity contribution is 0.0636. The number of nitrogens with one attached hydrogen (secondary N) is 1. The maximum Gasteiger partial charge on any atom is 0.412 e. The summed E-state index contributed by atoms with van der Waals surface area (Å²) >= 11 is 0. The molecule has 33 heavy (non-hydrogen) atoms. The van der Waals surface area contributed by atoms with Crippen molar-refractivity contribution >= 4 is 17.6 Å². The van der Waals surface area contributed by atoms with E-state index >= 15 is 0 Å². The predicted octanol–water partition coefficient (Wildman–Crippen LogP) is 4.11. The smallest absolute Gasteiger partial charge is 0.412 e. The van der Waals surface area contributed by atoms with Crippen molar-refractivity contribution in [2.75, 3.05) is 11.1 Å². The second-order valence-electron chi connectivity index (χ2n) is 8.12. The van der Waals surface area contributed by atoms with Gasteiger partial charge in [0, 0.05) is 11.6 Å². The van der Waals surface area contributed by atoms with Crippen molar-refractivity contribution in [2.45, 2.75) is 32.9 Å². The number of nitrogens with zero attached hydrogens (tertiary/aromatic N) is 5. The normalized spacial score (nSPS) is 11.4. The van der Waals surface area contributed by atoms with E-state index in [1.165, 1.54) is 24.7 Å². The fraction of sp³-hybridized carbons (Fsp3) is 0.227. The van der Waals surface area contributed by atoms with Gasteiger partial charge in [0.2, 0.25) is 5.89 Å². The van der Waals surface area contributed by atoms with Gasteiger partial charge in [0.1, 0.15) is 34.8 Å². The number of hydrogen-bond acceptors (Lipinski definition) is 8. The van der Waals surface area contributed by atoms with Crippen molar-refractivity contribution in [1.29, 1.82) is 0 Å². The average Bonchev–Trinajstić information content (AvgIpc) is 3.40. The van der Waals surface area contributed by atoms with E-state index in [0.29, 0.717) is 22.8 Å². The van der Waals surface area contributed by atoms with Crippen LogP contribution in [-0.2, 0) is 11.3 Å². The number of halogens is 1. The second-order valence-corrected chi connectivity index (χ2v) is 8.12. The van der Waals surface area contributed by atoms with Gasteiger partial charge in [0.15, 0.2) is 11.6 Å². The summed E-state index contributed by atoms with van der Waals surface area (Å²) in [6.45, 7) is 5.38. The maximum atomic E-state index is 14.2. The van der Waals surface area contributed by atoms with Crippen molar-refractivity contribution in [3.8, 4) is 23.1 Å². The van der Waals surface area contributed by atoms with E-state index < -0.39 is 11.7 Å². The van der Waals surface area contributed by atoms with Crippen LogP contribution in [0.15, 0.2) is 53.4 Å². The Bertz CT molecular complexity index is 1280. The van der Waals surface area contributed by atoms with Crippen molar-refractivity contribution < 1.29 is 18.3 Å². The number of carbonyl (C=O) groups is 1. The highest BCUT2D eigenvalue weighted by atomic mass is 19.1. The number of benzene rings is 1. The van der Waals surface area contributed by atoms with Crippen LogP contribution in [0.1, 0.15) is 26.3 Å². The van der Waals surface area contributed by atoms with Gasteiger partial charge in [-0.2, -0.15) is 5.10 Å². The number of oxazole rings is 1. The van der Waals surface area contributed by atoms with Gasteiger partial charge in [-0.25, -0.2) is 24.1 Å². The lowest BCUT2D eigenvalue weighted by Gasteiger charge is -2.19. The van der Waals surface area contributed by atoms with Crippen LogP contribution < -0.4 is 11.1 Å². The first-order valence-electron chi connectivity index (χ1n) is 10.0. The minimum atomic E-state index is -0.675. The van der Waals surface area contributed by atoms with E-state index in [1.54, 1.807) is 49.7 Å². The zero-order chi connectivity index (χ0) is 23.6. The zero-order valence-electron chi connectivity index (χ0n) is 18.2. The number of nitrogen functional groups attached to an aromatic ring is 1. The molecule has 10 nitrogen and oxygen atoms in total. The molecule has 170 valence electrons. The quantitative estimate of drug-likeness (QED) is 0.463. The molecule has 1 amide bonds. The molecule has 11 heteroatoms. The van der Waals surface area contributed by atoms with Crippen LogP contribution in [0.25, 0.3) is 23.1 Å². The molecule has 0 fully saturated rings. The van der Waals surface area contributed by atoms with Crippen molar-refractivity contribution in [2.24, 2.45) is 0 Å². The summed E-state index contributed by atoms with van der Waals surface area (Å²) in [6, 6.07) is 8.08.